The van der Waals surface area contributed by atoms with Crippen LogP contribution in [0.1, 0.15) is 17.8 Å². The van der Waals surface area contributed by atoms with Crippen LogP contribution in [0.4, 0.5) is 0 Å². The van der Waals surface area contributed by atoms with Gasteiger partial charge in [-0.05, 0) is 6.85 Å². The van der Waals surface area contributed by atoms with E-state index >= 15 is 0 Å². The highest BCUT2D eigenvalue weighted by atomic mass is 15.1. The molecule has 0 saturated heterocycles. The van der Waals surface area contributed by atoms with E-state index in [1.54, 1.807) is 0 Å². The zero-order chi connectivity index (χ0) is 12.9. The molecule has 0 saturated carbocycles. The van der Waals surface area contributed by atoms with Crippen LogP contribution in [-0.2, 0) is 13.5 Å². The van der Waals surface area contributed by atoms with Gasteiger partial charge in [-0.3, -0.25) is 0 Å². The van der Waals surface area contributed by atoms with Gasteiger partial charge in [0.15, 0.2) is 1.37 Å². The lowest BCUT2D eigenvalue weighted by molar-refractivity contribution is -0.671. The van der Waals surface area contributed by atoms with E-state index in [0.717, 1.165) is 4.57 Å². The second-order valence-corrected chi connectivity index (χ2v) is 1.33. The molecule has 0 bridgehead atoms. The normalized spacial score (nSPS) is 27.6. The predicted octanol–water partition coefficient (Wildman–Crippen LogP) is 0.333. The van der Waals surface area contributed by atoms with Crippen molar-refractivity contribution in [2.24, 2.45) is 7.05 Å². The maximum Gasteiger partial charge on any atom is 0.243 e. The molecule has 0 N–H and O–H groups in total. The molecule has 0 radical (unpaired) electrons. The van der Waals surface area contributed by atoms with Gasteiger partial charge in [0.2, 0.25) is 6.30 Å². The molecule has 0 aromatic carbocycles. The van der Waals surface area contributed by atoms with E-state index in [0.29, 0.717) is 4.57 Å². The molecule has 0 aliphatic carbocycles. The molecular formula is C6H11N2+. The van der Waals surface area contributed by atoms with Gasteiger partial charge >= 0.3 is 0 Å². The number of imidazole rings is 1. The van der Waals surface area contributed by atoms with E-state index in [1.165, 1.54) is 7.05 Å². The third-order valence-electron chi connectivity index (χ3n) is 0.691. The third-order valence-corrected chi connectivity index (χ3v) is 0.691. The largest absolute Gasteiger partial charge is 0.243 e. The Balaban J connectivity index is 3.52. The standard InChI is InChI=1S/C6H11N2/c1-3-8-5-4-7(2)6-8/h4-6H,3H2,1-2H3/q+1/i1D3,3D2,4D,5D,6D. The molecule has 0 fully saturated rings. The first kappa shape index (κ1) is 1.20. The zero-order valence-corrected chi connectivity index (χ0v) is 4.39. The molecule has 0 amide bonds. The van der Waals surface area contributed by atoms with E-state index in [4.69, 9.17) is 11.0 Å². The minimum absolute atomic E-state index is 0.391. The fourth-order valence-electron chi connectivity index (χ4n) is 0.378. The van der Waals surface area contributed by atoms with Crippen molar-refractivity contribution in [2.45, 2.75) is 13.3 Å². The van der Waals surface area contributed by atoms with Gasteiger partial charge in [0.05, 0.1) is 16.3 Å². The summed E-state index contributed by atoms with van der Waals surface area (Å²) in [4.78, 5) is 0. The Morgan fingerprint density at radius 2 is 3.00 bits per heavy atom. The lowest BCUT2D eigenvalue weighted by atomic mass is 10.7. The van der Waals surface area contributed by atoms with E-state index in [-0.39, 0.29) is 0 Å². The van der Waals surface area contributed by atoms with Crippen molar-refractivity contribution in [2.75, 3.05) is 0 Å². The highest BCUT2D eigenvalue weighted by Crippen LogP contribution is 1.79. The molecule has 2 nitrogen and oxygen atoms in total. The van der Waals surface area contributed by atoms with E-state index in [1.807, 2.05) is 0 Å². The van der Waals surface area contributed by atoms with Crippen molar-refractivity contribution in [1.82, 2.24) is 4.57 Å². The zero-order valence-electron chi connectivity index (χ0n) is 12.4. The first-order valence-corrected chi connectivity index (χ1v) is 2.07. The summed E-state index contributed by atoms with van der Waals surface area (Å²) in [6, 6.07) is 0. The Kier molecular flexibility index (Phi) is 0.299. The molecule has 1 aromatic heterocycles. The van der Waals surface area contributed by atoms with E-state index in [9.17, 15) is 0 Å². The number of hydrogen-bond acceptors (Lipinski definition) is 0. The maximum absolute atomic E-state index is 7.49. The summed E-state index contributed by atoms with van der Waals surface area (Å²) < 4.78 is 59.6. The van der Waals surface area contributed by atoms with Gasteiger partial charge in [0, 0.05) is 4.11 Å². The fraction of sp³-hybridized carbons (Fsp3) is 0.500. The molecule has 8 heavy (non-hydrogen) atoms. The highest BCUT2D eigenvalue weighted by Gasteiger charge is 1.92. The van der Waals surface area contributed by atoms with Crippen LogP contribution in [0.2, 0.25) is 0 Å². The summed E-state index contributed by atoms with van der Waals surface area (Å²) in [7, 11) is 1.30. The van der Waals surface area contributed by atoms with Crippen LogP contribution in [0.25, 0.3) is 0 Å². The van der Waals surface area contributed by atoms with Gasteiger partial charge in [0.1, 0.15) is 15.1 Å². The average molecular weight is 119 g/mol. The van der Waals surface area contributed by atoms with E-state index in [2.05, 4.69) is 0 Å². The number of nitrogens with zero attached hydrogens (tertiary/aromatic N) is 2. The summed E-state index contributed by atoms with van der Waals surface area (Å²) in [5.41, 5.74) is 0. The van der Waals surface area contributed by atoms with Crippen LogP contribution in [0.3, 0.4) is 0 Å². The number of rotatable bonds is 1. The van der Waals surface area contributed by atoms with Gasteiger partial charge in [0.25, 0.3) is 0 Å². The van der Waals surface area contributed by atoms with Crippen LogP contribution < -0.4 is 4.57 Å². The van der Waals surface area contributed by atoms with Crippen molar-refractivity contribution >= 4 is 0 Å². The molecule has 1 aromatic rings. The monoisotopic (exact) mass is 119 g/mol. The molecule has 44 valence electrons. The summed E-state index contributed by atoms with van der Waals surface area (Å²) in [6.45, 7) is -5.88. The summed E-state index contributed by atoms with van der Waals surface area (Å²) in [6.07, 6.45) is -1.57. The molecule has 0 spiro atoms. The molecule has 2 heteroatoms. The summed E-state index contributed by atoms with van der Waals surface area (Å²) in [5.74, 6) is 0. The van der Waals surface area contributed by atoms with Crippen molar-refractivity contribution in [1.29, 1.82) is 0 Å². The average Bonchev–Trinajstić information content (AvgIpc) is 2.29. The highest BCUT2D eigenvalue weighted by molar-refractivity contribution is 4.63. The Morgan fingerprint density at radius 3 is 3.50 bits per heavy atom. The molecule has 0 atom stereocenters. The lowest BCUT2D eigenvalue weighted by Crippen LogP contribution is -2.23. The van der Waals surface area contributed by atoms with Gasteiger partial charge in [-0.1, -0.05) is 0 Å². The molecular weight excluding hydrogens is 100 g/mol. The van der Waals surface area contributed by atoms with Gasteiger partial charge < -0.3 is 0 Å². The van der Waals surface area contributed by atoms with Crippen LogP contribution in [0.15, 0.2) is 18.6 Å². The minimum Gasteiger partial charge on any atom is -0.240 e. The Bertz CT molecular complexity index is 392. The number of aromatic nitrogens is 2. The lowest BCUT2D eigenvalue weighted by Gasteiger charge is -1.81. The van der Waals surface area contributed by atoms with Crippen LogP contribution in [0, 0.1) is 0 Å². The fourth-order valence-corrected chi connectivity index (χ4v) is 0.378. The third kappa shape index (κ3) is 0.886. The minimum atomic E-state index is -3.00. The van der Waals surface area contributed by atoms with Gasteiger partial charge in [-0.25, -0.2) is 9.13 Å². The predicted molar refractivity (Wildman–Crippen MR) is 31.3 cm³/mol. The molecule has 0 aliphatic rings. The van der Waals surface area contributed by atoms with Crippen LogP contribution in [-0.4, -0.2) is 4.57 Å². The molecule has 1 heterocycles. The first-order chi connectivity index (χ1) is 7.01. The smallest absolute Gasteiger partial charge is 0.240 e. The first-order valence-electron chi connectivity index (χ1n) is 6.07. The Hall–Kier alpha value is -0.790. The maximum atomic E-state index is 7.49. The van der Waals surface area contributed by atoms with Crippen LogP contribution >= 0.6 is 0 Å². The van der Waals surface area contributed by atoms with Gasteiger partial charge in [-0.15, -0.1) is 0 Å². The van der Waals surface area contributed by atoms with Crippen molar-refractivity contribution in [3.05, 3.63) is 18.6 Å². The molecule has 0 unspecified atom stereocenters. The number of hydrogen-bond donors (Lipinski definition) is 0. The SMILES string of the molecule is [2H]c1c([2H])[n+](C)c([2H])n1C([2H])([2H])C([2H])([2H])[2H]. The van der Waals surface area contributed by atoms with Crippen molar-refractivity contribution in [3.8, 4) is 0 Å². The Morgan fingerprint density at radius 1 is 2.12 bits per heavy atom. The van der Waals surface area contributed by atoms with E-state index < -0.39 is 32.0 Å². The second-order valence-electron chi connectivity index (χ2n) is 1.33. The Labute approximate surface area is 60.6 Å². The van der Waals surface area contributed by atoms with Gasteiger partial charge in [-0.2, -0.15) is 0 Å². The van der Waals surface area contributed by atoms with Crippen LogP contribution in [0.5, 0.6) is 0 Å². The molecule has 1 rings (SSSR count). The van der Waals surface area contributed by atoms with Crippen molar-refractivity contribution < 1.29 is 15.5 Å². The summed E-state index contributed by atoms with van der Waals surface area (Å²) in [5, 5.41) is 0. The van der Waals surface area contributed by atoms with Crippen molar-refractivity contribution in [3.63, 3.8) is 0 Å². The second kappa shape index (κ2) is 1.99. The molecule has 0 aliphatic heterocycles. The summed E-state index contributed by atoms with van der Waals surface area (Å²) >= 11 is 0. The topological polar surface area (TPSA) is 8.81 Å². The quantitative estimate of drug-likeness (QED) is 0.471.